The second kappa shape index (κ2) is 1.91. The van der Waals surface area contributed by atoms with E-state index in [4.69, 9.17) is 0 Å². The van der Waals surface area contributed by atoms with Crippen LogP contribution in [0.4, 0.5) is 0 Å². The number of nitrogens with one attached hydrogen (secondary N) is 1. The minimum Gasteiger partial charge on any atom is -0.246 e. The Morgan fingerprint density at radius 2 is 2.45 bits per heavy atom. The van der Waals surface area contributed by atoms with Gasteiger partial charge < -0.3 is 0 Å². The van der Waals surface area contributed by atoms with E-state index < -0.39 is 0 Å². The molecule has 0 aromatic carbocycles. The van der Waals surface area contributed by atoms with Crippen molar-refractivity contribution in [3.8, 4) is 0 Å². The van der Waals surface area contributed by atoms with Gasteiger partial charge in [0, 0.05) is 11.9 Å². The molecule has 0 amide bonds. The third-order valence-corrected chi connectivity index (χ3v) is 1.51. The fraction of sp³-hybridized carbons (Fsp3) is 0.167. The first kappa shape index (κ1) is 6.09. The van der Waals surface area contributed by atoms with Crippen molar-refractivity contribution >= 4 is 5.78 Å². The Morgan fingerprint density at radius 1 is 1.64 bits per heavy atom. The molecule has 2 aromatic heterocycles. The molecule has 0 atom stereocenters. The maximum absolute atomic E-state index is 11.0. The Morgan fingerprint density at radius 3 is 3.18 bits per heavy atom. The monoisotopic (exact) mass is 150 g/mol. The standard InChI is InChI=1S/C6H6N4O/c1-4-2-3-7-5-8-9-6(11)10(4)5/h2-3H,1H3,(H,9,11). The van der Waals surface area contributed by atoms with Crippen molar-refractivity contribution in [3.05, 3.63) is 28.4 Å². The van der Waals surface area contributed by atoms with Crippen LogP contribution in [0.5, 0.6) is 0 Å². The number of rotatable bonds is 0. The van der Waals surface area contributed by atoms with Gasteiger partial charge in [-0.05, 0) is 13.0 Å². The highest BCUT2D eigenvalue weighted by atomic mass is 16.1. The van der Waals surface area contributed by atoms with Gasteiger partial charge in [-0.2, -0.15) is 0 Å². The molecule has 0 spiro atoms. The van der Waals surface area contributed by atoms with E-state index >= 15 is 0 Å². The Bertz CT molecular complexity index is 441. The van der Waals surface area contributed by atoms with Crippen LogP contribution in [0.15, 0.2) is 17.1 Å². The molecule has 5 heteroatoms. The number of aromatic amines is 1. The van der Waals surface area contributed by atoms with Gasteiger partial charge in [-0.1, -0.05) is 0 Å². The van der Waals surface area contributed by atoms with Gasteiger partial charge in [0.25, 0.3) is 5.78 Å². The smallest absolute Gasteiger partial charge is 0.246 e. The van der Waals surface area contributed by atoms with Crippen LogP contribution in [0, 0.1) is 6.92 Å². The first-order valence-electron chi connectivity index (χ1n) is 3.18. The van der Waals surface area contributed by atoms with Crippen molar-refractivity contribution in [1.82, 2.24) is 19.6 Å². The van der Waals surface area contributed by atoms with E-state index in [0.29, 0.717) is 5.78 Å². The van der Waals surface area contributed by atoms with Gasteiger partial charge >= 0.3 is 5.69 Å². The highest BCUT2D eigenvalue weighted by Crippen LogP contribution is 1.94. The van der Waals surface area contributed by atoms with E-state index in [0.717, 1.165) is 5.69 Å². The summed E-state index contributed by atoms with van der Waals surface area (Å²) >= 11 is 0. The van der Waals surface area contributed by atoms with E-state index in [9.17, 15) is 4.79 Å². The molecule has 0 saturated carbocycles. The molecule has 5 nitrogen and oxygen atoms in total. The van der Waals surface area contributed by atoms with Gasteiger partial charge in [-0.15, -0.1) is 5.10 Å². The summed E-state index contributed by atoms with van der Waals surface area (Å²) < 4.78 is 1.42. The quantitative estimate of drug-likeness (QED) is 0.562. The lowest BCUT2D eigenvalue weighted by atomic mass is 10.4. The summed E-state index contributed by atoms with van der Waals surface area (Å²) in [5.41, 5.74) is 0.583. The first-order valence-corrected chi connectivity index (χ1v) is 3.18. The zero-order valence-electron chi connectivity index (χ0n) is 5.90. The summed E-state index contributed by atoms with van der Waals surface area (Å²) in [7, 11) is 0. The normalized spacial score (nSPS) is 10.6. The fourth-order valence-corrected chi connectivity index (χ4v) is 0.979. The van der Waals surface area contributed by atoms with Gasteiger partial charge in [0.15, 0.2) is 0 Å². The van der Waals surface area contributed by atoms with E-state index in [1.54, 1.807) is 12.3 Å². The average molecular weight is 150 g/mol. The molecule has 0 aliphatic rings. The summed E-state index contributed by atoms with van der Waals surface area (Å²) in [6, 6.07) is 1.75. The zero-order valence-corrected chi connectivity index (χ0v) is 5.90. The van der Waals surface area contributed by atoms with Crippen molar-refractivity contribution in [2.45, 2.75) is 6.92 Å². The predicted octanol–water partition coefficient (Wildman–Crippen LogP) is -0.274. The van der Waals surface area contributed by atoms with Crippen LogP contribution in [0.3, 0.4) is 0 Å². The molecule has 2 heterocycles. The maximum atomic E-state index is 11.0. The number of fused-ring (bicyclic) bond motifs is 1. The molecule has 0 saturated heterocycles. The number of aryl methyl sites for hydroxylation is 1. The molecule has 11 heavy (non-hydrogen) atoms. The van der Waals surface area contributed by atoms with E-state index in [1.807, 2.05) is 6.92 Å². The van der Waals surface area contributed by atoms with Crippen LogP contribution in [0.2, 0.25) is 0 Å². The van der Waals surface area contributed by atoms with Gasteiger partial charge in [-0.3, -0.25) is 0 Å². The van der Waals surface area contributed by atoms with Crippen LogP contribution >= 0.6 is 0 Å². The number of aromatic nitrogens is 4. The summed E-state index contributed by atoms with van der Waals surface area (Å²) in [5, 5.41) is 6.01. The third kappa shape index (κ3) is 0.739. The molecule has 0 bridgehead atoms. The van der Waals surface area contributed by atoms with Gasteiger partial charge in [0.05, 0.1) is 0 Å². The second-order valence-corrected chi connectivity index (χ2v) is 2.25. The molecular formula is C6H6N4O. The van der Waals surface area contributed by atoms with Crippen molar-refractivity contribution in [3.63, 3.8) is 0 Å². The fourth-order valence-electron chi connectivity index (χ4n) is 0.979. The van der Waals surface area contributed by atoms with Gasteiger partial charge in [-0.25, -0.2) is 19.3 Å². The van der Waals surface area contributed by atoms with Gasteiger partial charge in [0.2, 0.25) is 0 Å². The number of nitrogens with zero attached hydrogens (tertiary/aromatic N) is 3. The summed E-state index contributed by atoms with van der Waals surface area (Å²) in [6.07, 6.45) is 1.62. The number of hydrogen-bond acceptors (Lipinski definition) is 3. The lowest BCUT2D eigenvalue weighted by molar-refractivity contribution is 0.981. The maximum Gasteiger partial charge on any atom is 0.349 e. The largest absolute Gasteiger partial charge is 0.349 e. The Balaban J connectivity index is 3.08. The summed E-state index contributed by atoms with van der Waals surface area (Å²) in [5.74, 6) is 0.412. The molecule has 0 aliphatic carbocycles. The van der Waals surface area contributed by atoms with Gasteiger partial charge in [0.1, 0.15) is 0 Å². The molecule has 2 aromatic rings. The van der Waals surface area contributed by atoms with E-state index in [-0.39, 0.29) is 5.69 Å². The molecule has 0 aliphatic heterocycles. The summed E-state index contributed by atoms with van der Waals surface area (Å²) in [4.78, 5) is 14.9. The molecule has 0 unspecified atom stereocenters. The minimum atomic E-state index is -0.245. The molecule has 1 N–H and O–H groups in total. The Kier molecular flexibility index (Phi) is 1.06. The SMILES string of the molecule is Cc1ccnc2n[nH]c(=O)n12. The highest BCUT2D eigenvalue weighted by Gasteiger charge is 2.00. The van der Waals surface area contributed by atoms with Crippen LogP contribution in [0.25, 0.3) is 5.78 Å². The van der Waals surface area contributed by atoms with Crippen molar-refractivity contribution in [1.29, 1.82) is 0 Å². The van der Waals surface area contributed by atoms with Crippen molar-refractivity contribution in [2.75, 3.05) is 0 Å². The van der Waals surface area contributed by atoms with Crippen molar-refractivity contribution < 1.29 is 0 Å². The number of H-pyrrole nitrogens is 1. The molecule has 56 valence electrons. The van der Waals surface area contributed by atoms with Crippen LogP contribution in [0.1, 0.15) is 5.69 Å². The highest BCUT2D eigenvalue weighted by molar-refractivity contribution is 5.26. The first-order chi connectivity index (χ1) is 5.29. The van der Waals surface area contributed by atoms with E-state index in [2.05, 4.69) is 15.2 Å². The Labute approximate surface area is 61.7 Å². The zero-order chi connectivity index (χ0) is 7.84. The van der Waals surface area contributed by atoms with Crippen molar-refractivity contribution in [2.24, 2.45) is 0 Å². The lowest BCUT2D eigenvalue weighted by Gasteiger charge is -1.92. The van der Waals surface area contributed by atoms with Crippen LogP contribution < -0.4 is 5.69 Å². The Hall–Kier alpha value is -1.65. The second-order valence-electron chi connectivity index (χ2n) is 2.25. The topological polar surface area (TPSA) is 63.0 Å². The number of hydrogen-bond donors (Lipinski definition) is 1. The molecule has 0 radical (unpaired) electrons. The van der Waals surface area contributed by atoms with Crippen LogP contribution in [-0.4, -0.2) is 19.6 Å². The molecular weight excluding hydrogens is 144 g/mol. The molecule has 0 fully saturated rings. The van der Waals surface area contributed by atoms with Crippen LogP contribution in [-0.2, 0) is 0 Å². The predicted molar refractivity (Wildman–Crippen MR) is 38.3 cm³/mol. The molecule has 2 rings (SSSR count). The third-order valence-electron chi connectivity index (χ3n) is 1.51. The minimum absolute atomic E-state index is 0.245. The lowest BCUT2D eigenvalue weighted by Crippen LogP contribution is -2.11. The van der Waals surface area contributed by atoms with E-state index in [1.165, 1.54) is 4.40 Å². The summed E-state index contributed by atoms with van der Waals surface area (Å²) in [6.45, 7) is 1.82. The average Bonchev–Trinajstić information content (AvgIpc) is 2.34.